The molecule has 2 aromatic rings. The molecule has 1 aliphatic rings. The number of benzene rings is 1. The van der Waals surface area contributed by atoms with Gasteiger partial charge in [-0.05, 0) is 12.1 Å². The second kappa shape index (κ2) is 5.45. The smallest absolute Gasteiger partial charge is 0.148 e. The van der Waals surface area contributed by atoms with Crippen LogP contribution in [-0.4, -0.2) is 37.0 Å². The summed E-state index contributed by atoms with van der Waals surface area (Å²) in [6, 6.07) is 4.77. The van der Waals surface area contributed by atoms with E-state index in [0.29, 0.717) is 12.1 Å². The molecular weight excluding hydrogens is 269 g/mol. The molecule has 0 spiro atoms. The minimum Gasteiger partial charge on any atom is -1.00 e. The monoisotopic (exact) mass is 285 g/mol. The maximum Gasteiger partial charge on any atom is 0.148 e. The predicted molar refractivity (Wildman–Crippen MR) is 66.1 cm³/mol. The van der Waals surface area contributed by atoms with E-state index in [-0.39, 0.29) is 24.3 Å². The molecule has 4 nitrogen and oxygen atoms in total. The fourth-order valence-corrected chi connectivity index (χ4v) is 2.52. The SMILES string of the molecule is C[NH+](C)CC1OCCn2nc3cc(F)ccc3c21.[Cl-]. The Morgan fingerprint density at radius 2 is 2.26 bits per heavy atom. The van der Waals surface area contributed by atoms with Crippen molar-refractivity contribution in [3.8, 4) is 0 Å². The predicted octanol–water partition coefficient (Wildman–Crippen LogP) is -2.60. The van der Waals surface area contributed by atoms with Crippen molar-refractivity contribution in [3.05, 3.63) is 29.7 Å². The number of rotatable bonds is 2. The minimum atomic E-state index is -0.242. The second-order valence-corrected chi connectivity index (χ2v) is 5.04. The zero-order valence-corrected chi connectivity index (χ0v) is 11.7. The average Bonchev–Trinajstić information content (AvgIpc) is 2.66. The number of hydrogen-bond donors (Lipinski definition) is 1. The van der Waals surface area contributed by atoms with Gasteiger partial charge in [0.2, 0.25) is 0 Å². The maximum atomic E-state index is 13.2. The lowest BCUT2D eigenvalue weighted by Crippen LogP contribution is -3.06. The van der Waals surface area contributed by atoms with Gasteiger partial charge in [-0.1, -0.05) is 0 Å². The first kappa shape index (κ1) is 14.2. The van der Waals surface area contributed by atoms with Crippen molar-refractivity contribution in [3.63, 3.8) is 0 Å². The van der Waals surface area contributed by atoms with Gasteiger partial charge < -0.3 is 22.0 Å². The fourth-order valence-electron chi connectivity index (χ4n) is 2.52. The minimum absolute atomic E-state index is 0. The molecule has 0 radical (unpaired) electrons. The number of aromatic nitrogens is 2. The van der Waals surface area contributed by atoms with E-state index in [4.69, 9.17) is 4.74 Å². The molecule has 1 aromatic carbocycles. The number of likely N-dealkylation sites (N-methyl/N-ethyl adjacent to an activating group) is 1. The average molecular weight is 286 g/mol. The summed E-state index contributed by atoms with van der Waals surface area (Å²) in [7, 11) is 4.20. The summed E-state index contributed by atoms with van der Waals surface area (Å²) in [5.74, 6) is -0.242. The van der Waals surface area contributed by atoms with Crippen molar-refractivity contribution in [2.45, 2.75) is 12.6 Å². The summed E-state index contributed by atoms with van der Waals surface area (Å²) in [6.45, 7) is 2.30. The van der Waals surface area contributed by atoms with Crippen LogP contribution >= 0.6 is 0 Å². The number of ether oxygens (including phenoxy) is 1. The summed E-state index contributed by atoms with van der Waals surface area (Å²) in [5, 5.41) is 5.46. The van der Waals surface area contributed by atoms with Crippen LogP contribution in [-0.2, 0) is 11.3 Å². The molecule has 0 aliphatic carbocycles. The first-order chi connectivity index (χ1) is 8.65. The summed E-state index contributed by atoms with van der Waals surface area (Å²) in [6.07, 6.45) is 0.0409. The maximum absolute atomic E-state index is 13.2. The van der Waals surface area contributed by atoms with Gasteiger partial charge in [0, 0.05) is 11.5 Å². The Balaban J connectivity index is 0.00000133. The quantitative estimate of drug-likeness (QED) is 0.656. The van der Waals surface area contributed by atoms with Gasteiger partial charge in [0.25, 0.3) is 0 Å². The fraction of sp³-hybridized carbons (Fsp3) is 0.462. The third-order valence-electron chi connectivity index (χ3n) is 3.26. The number of halogens is 2. The number of nitrogens with one attached hydrogen (secondary N) is 1. The van der Waals surface area contributed by atoms with Crippen molar-refractivity contribution in [2.75, 3.05) is 27.2 Å². The van der Waals surface area contributed by atoms with Crippen LogP contribution in [0.3, 0.4) is 0 Å². The molecule has 0 fully saturated rings. The molecule has 1 atom stereocenters. The third kappa shape index (κ3) is 2.59. The van der Waals surface area contributed by atoms with Crippen molar-refractivity contribution in [1.29, 1.82) is 0 Å². The van der Waals surface area contributed by atoms with Gasteiger partial charge in [0.05, 0.1) is 38.5 Å². The van der Waals surface area contributed by atoms with E-state index < -0.39 is 0 Å². The van der Waals surface area contributed by atoms with E-state index in [1.165, 1.54) is 17.0 Å². The molecule has 1 aromatic heterocycles. The highest BCUT2D eigenvalue weighted by molar-refractivity contribution is 5.82. The zero-order valence-electron chi connectivity index (χ0n) is 11.0. The molecule has 0 saturated heterocycles. The Kier molecular flexibility index (Phi) is 4.08. The Labute approximate surface area is 117 Å². The topological polar surface area (TPSA) is 31.5 Å². The summed E-state index contributed by atoms with van der Waals surface area (Å²) in [4.78, 5) is 1.32. The van der Waals surface area contributed by atoms with Crippen LogP contribution in [0.4, 0.5) is 4.39 Å². The highest BCUT2D eigenvalue weighted by atomic mass is 35.5. The van der Waals surface area contributed by atoms with E-state index >= 15 is 0 Å². The molecule has 1 aliphatic heterocycles. The normalized spacial score (nSPS) is 18.4. The highest BCUT2D eigenvalue weighted by Gasteiger charge is 2.27. The number of fused-ring (bicyclic) bond motifs is 3. The number of hydrogen-bond acceptors (Lipinski definition) is 2. The zero-order chi connectivity index (χ0) is 12.7. The summed E-state index contributed by atoms with van der Waals surface area (Å²) >= 11 is 0. The van der Waals surface area contributed by atoms with Gasteiger partial charge in [-0.3, -0.25) is 4.68 Å². The number of nitrogens with zero attached hydrogens (tertiary/aromatic N) is 2. The van der Waals surface area contributed by atoms with Gasteiger partial charge in [0.15, 0.2) is 0 Å². The van der Waals surface area contributed by atoms with Gasteiger partial charge in [-0.2, -0.15) is 5.10 Å². The van der Waals surface area contributed by atoms with Crippen molar-refractivity contribution < 1.29 is 26.4 Å². The second-order valence-electron chi connectivity index (χ2n) is 5.04. The molecule has 6 heteroatoms. The third-order valence-corrected chi connectivity index (χ3v) is 3.26. The van der Waals surface area contributed by atoms with Crippen molar-refractivity contribution in [1.82, 2.24) is 9.78 Å². The first-order valence-electron chi connectivity index (χ1n) is 6.22. The lowest BCUT2D eigenvalue weighted by molar-refractivity contribution is -0.862. The molecule has 1 N–H and O–H groups in total. The Bertz CT molecular complexity index is 585. The van der Waals surface area contributed by atoms with Gasteiger partial charge in [-0.25, -0.2) is 4.39 Å². The van der Waals surface area contributed by atoms with Gasteiger partial charge in [-0.15, -0.1) is 0 Å². The highest BCUT2D eigenvalue weighted by Crippen LogP contribution is 2.29. The first-order valence-corrected chi connectivity index (χ1v) is 6.22. The molecule has 2 heterocycles. The lowest BCUT2D eigenvalue weighted by Gasteiger charge is -2.25. The molecule has 0 amide bonds. The van der Waals surface area contributed by atoms with Crippen LogP contribution in [0.25, 0.3) is 10.9 Å². The molecule has 0 bridgehead atoms. The summed E-state index contributed by atoms with van der Waals surface area (Å²) < 4.78 is 21.0. The molecule has 0 saturated carbocycles. The van der Waals surface area contributed by atoms with E-state index in [1.807, 2.05) is 4.68 Å². The molecule has 104 valence electrons. The van der Waals surface area contributed by atoms with Crippen LogP contribution in [0, 0.1) is 5.82 Å². The molecule has 3 rings (SSSR count). The Morgan fingerprint density at radius 3 is 3.00 bits per heavy atom. The number of quaternary nitrogens is 1. The lowest BCUT2D eigenvalue weighted by atomic mass is 10.1. The van der Waals surface area contributed by atoms with E-state index in [1.54, 1.807) is 6.07 Å². The van der Waals surface area contributed by atoms with Crippen molar-refractivity contribution in [2.24, 2.45) is 0 Å². The van der Waals surface area contributed by atoms with Crippen LogP contribution in [0.5, 0.6) is 0 Å². The van der Waals surface area contributed by atoms with Crippen LogP contribution in [0.2, 0.25) is 0 Å². The Hall–Kier alpha value is -1.17. The molecule has 1 unspecified atom stereocenters. The van der Waals surface area contributed by atoms with Crippen LogP contribution < -0.4 is 17.3 Å². The van der Waals surface area contributed by atoms with Gasteiger partial charge in [0.1, 0.15) is 18.5 Å². The van der Waals surface area contributed by atoms with Gasteiger partial charge >= 0.3 is 0 Å². The van der Waals surface area contributed by atoms with E-state index in [2.05, 4.69) is 19.2 Å². The standard InChI is InChI=1S/C13H16FN3O.ClH/c1-16(2)8-12-13-10-4-3-9(14)7-11(10)15-17(13)5-6-18-12;/h3-4,7,12H,5-6,8H2,1-2H3;1H. The molecule has 19 heavy (non-hydrogen) atoms. The van der Waals surface area contributed by atoms with E-state index in [0.717, 1.165) is 24.2 Å². The summed E-state index contributed by atoms with van der Waals surface area (Å²) in [5.41, 5.74) is 1.80. The molecular formula is C13H17ClFN3O. The van der Waals surface area contributed by atoms with Crippen LogP contribution in [0.1, 0.15) is 11.8 Å². The largest absolute Gasteiger partial charge is 1.00 e. The van der Waals surface area contributed by atoms with E-state index in [9.17, 15) is 4.39 Å². The van der Waals surface area contributed by atoms with Crippen LogP contribution in [0.15, 0.2) is 18.2 Å². The van der Waals surface area contributed by atoms with Crippen molar-refractivity contribution >= 4 is 10.9 Å². The Morgan fingerprint density at radius 1 is 1.47 bits per heavy atom.